The molecule has 3 atom stereocenters. The lowest BCUT2D eigenvalue weighted by atomic mass is 10.0. The molecule has 1 rings (SSSR count). The number of hydrogen-bond acceptors (Lipinski definition) is 5. The molecule has 0 amide bonds. The van der Waals surface area contributed by atoms with Crippen molar-refractivity contribution >= 4 is 20.1 Å². The molecule has 0 heterocycles. The van der Waals surface area contributed by atoms with Crippen LogP contribution in [0.3, 0.4) is 0 Å². The van der Waals surface area contributed by atoms with Crippen molar-refractivity contribution in [3.05, 3.63) is 47.5 Å². The van der Waals surface area contributed by atoms with Crippen molar-refractivity contribution in [1.82, 2.24) is 0 Å². The minimum atomic E-state index is -1.70. The Hall–Kier alpha value is -1.76. The van der Waals surface area contributed by atoms with Crippen LogP contribution in [0.15, 0.2) is 42.0 Å². The lowest BCUT2D eigenvalue weighted by Crippen LogP contribution is -2.41. The highest BCUT2D eigenvalue weighted by Gasteiger charge is 2.37. The van der Waals surface area contributed by atoms with Gasteiger partial charge in [0.1, 0.15) is 0 Å². The number of hydrogen-bond donors (Lipinski definition) is 0. The predicted octanol–water partition coefficient (Wildman–Crippen LogP) is 7.04. The normalized spacial score (nSPS) is 15.5. The van der Waals surface area contributed by atoms with Gasteiger partial charge in [-0.1, -0.05) is 69.7 Å². The molecule has 0 aliphatic carbocycles. The molecule has 0 radical (unpaired) electrons. The van der Waals surface area contributed by atoms with Crippen LogP contribution >= 0.6 is 0 Å². The Morgan fingerprint density at radius 3 is 2.24 bits per heavy atom. The molecule has 5 nitrogen and oxygen atoms in total. The van der Waals surface area contributed by atoms with Crippen LogP contribution in [0.1, 0.15) is 78.9 Å². The van der Waals surface area contributed by atoms with Gasteiger partial charge in [-0.15, -0.1) is 0 Å². The molecular formula is C28H46O5Si. The smallest absolute Gasteiger partial charge is 0.340 e. The fourth-order valence-corrected chi connectivity index (χ4v) is 4.42. The summed E-state index contributed by atoms with van der Waals surface area (Å²) in [7, 11) is -0.242. The van der Waals surface area contributed by atoms with Gasteiger partial charge in [-0.05, 0) is 62.7 Å². The summed E-state index contributed by atoms with van der Waals surface area (Å²) in [6.07, 6.45) is 3.85. The zero-order valence-electron chi connectivity index (χ0n) is 22.8. The third-order valence-corrected chi connectivity index (χ3v) is 11.2. The molecule has 0 spiro atoms. The second-order valence-electron chi connectivity index (χ2n) is 10.9. The van der Waals surface area contributed by atoms with Crippen molar-refractivity contribution in [2.75, 3.05) is 13.7 Å². The summed E-state index contributed by atoms with van der Waals surface area (Å²) in [5.74, 6) is -0.205. The first-order valence-corrected chi connectivity index (χ1v) is 15.3. The second-order valence-corrected chi connectivity index (χ2v) is 15.7. The number of ketones is 1. The van der Waals surface area contributed by atoms with Gasteiger partial charge in [0.05, 0.1) is 0 Å². The number of Topliss-reactive ketones (excluding diaryl/α,β-unsaturated/α-hetero) is 1. The van der Waals surface area contributed by atoms with Crippen molar-refractivity contribution in [2.45, 2.75) is 97.6 Å². The van der Waals surface area contributed by atoms with Gasteiger partial charge in [0.25, 0.3) is 0 Å². The lowest BCUT2D eigenvalue weighted by molar-refractivity contribution is -0.164. The Labute approximate surface area is 208 Å². The molecule has 0 aliphatic heterocycles. The van der Waals surface area contributed by atoms with Crippen LogP contribution < -0.4 is 0 Å². The van der Waals surface area contributed by atoms with E-state index in [-0.39, 0.29) is 10.8 Å². The number of allylic oxidation sites excluding steroid dienone is 1. The van der Waals surface area contributed by atoms with E-state index < -0.39 is 26.5 Å². The van der Waals surface area contributed by atoms with E-state index in [2.05, 4.69) is 47.7 Å². The molecule has 0 saturated carbocycles. The molecule has 0 aromatic heterocycles. The van der Waals surface area contributed by atoms with E-state index in [0.29, 0.717) is 17.9 Å². The Balaban J connectivity index is 2.53. The third-order valence-electron chi connectivity index (χ3n) is 6.75. The fourth-order valence-electron chi connectivity index (χ4n) is 3.29. The second kappa shape index (κ2) is 14.0. The first-order valence-electron chi connectivity index (χ1n) is 12.4. The number of ether oxygens (including phenoxy) is 2. The van der Waals surface area contributed by atoms with Crippen LogP contribution in [0.2, 0.25) is 18.1 Å². The van der Waals surface area contributed by atoms with Crippen molar-refractivity contribution in [2.24, 2.45) is 5.92 Å². The molecular weight excluding hydrogens is 444 g/mol. The maximum atomic E-state index is 12.6. The highest BCUT2D eigenvalue weighted by atomic mass is 28.4. The van der Waals surface area contributed by atoms with Gasteiger partial charge >= 0.3 is 5.97 Å². The van der Waals surface area contributed by atoms with E-state index in [1.54, 1.807) is 12.1 Å². The van der Waals surface area contributed by atoms with Crippen LogP contribution in [0.5, 0.6) is 0 Å². The fraction of sp³-hybridized carbons (Fsp3) is 0.643. The summed E-state index contributed by atoms with van der Waals surface area (Å²) in [5.41, 5.74) is 1.90. The van der Waals surface area contributed by atoms with Crippen molar-refractivity contribution in [3.63, 3.8) is 0 Å². The Kier molecular flexibility index (Phi) is 12.4. The maximum Gasteiger partial charge on any atom is 0.340 e. The van der Waals surface area contributed by atoms with Gasteiger partial charge in [0, 0.05) is 20.1 Å². The van der Waals surface area contributed by atoms with Crippen LogP contribution in [-0.2, 0) is 23.5 Å². The number of rotatable bonds is 14. The minimum absolute atomic E-state index is 0.170. The molecule has 192 valence electrons. The van der Waals surface area contributed by atoms with Crippen molar-refractivity contribution in [3.8, 4) is 0 Å². The van der Waals surface area contributed by atoms with E-state index in [1.165, 1.54) is 19.6 Å². The number of carbonyl (C=O) groups is 2. The average molecular weight is 491 g/mol. The van der Waals surface area contributed by atoms with E-state index in [9.17, 15) is 9.59 Å². The standard InChI is InChI=1S/C28H46O5Si/c1-21(14-13-15-22(2)20-32-34(8,9)28(4,5)6)18-19-25(23(3)29)33-27(30)26(31-7)24-16-11-10-12-17-24/h10-12,16-18,22,25-26H,13-15,19-20H2,1-9H3/b21-18+/t22?,25?,26-/m1/s1. The van der Waals surface area contributed by atoms with Gasteiger partial charge in [0.15, 0.2) is 26.3 Å². The summed E-state index contributed by atoms with van der Waals surface area (Å²) < 4.78 is 17.2. The number of methoxy groups -OCH3 is 1. The minimum Gasteiger partial charge on any atom is -0.452 e. The zero-order valence-corrected chi connectivity index (χ0v) is 23.8. The number of esters is 1. The highest BCUT2D eigenvalue weighted by Crippen LogP contribution is 2.37. The van der Waals surface area contributed by atoms with Crippen LogP contribution in [0.25, 0.3) is 0 Å². The molecule has 0 bridgehead atoms. The largest absolute Gasteiger partial charge is 0.452 e. The Morgan fingerprint density at radius 1 is 1.09 bits per heavy atom. The molecule has 2 unspecified atom stereocenters. The first-order chi connectivity index (χ1) is 15.8. The predicted molar refractivity (Wildman–Crippen MR) is 141 cm³/mol. The first kappa shape index (κ1) is 30.3. The monoisotopic (exact) mass is 490 g/mol. The van der Waals surface area contributed by atoms with Crippen LogP contribution in [-0.4, -0.2) is 39.9 Å². The summed E-state index contributed by atoms with van der Waals surface area (Å²) in [6.45, 7) is 18.0. The summed E-state index contributed by atoms with van der Waals surface area (Å²) >= 11 is 0. The summed E-state index contributed by atoms with van der Waals surface area (Å²) in [5, 5.41) is 0.229. The molecule has 34 heavy (non-hydrogen) atoms. The molecule has 6 heteroatoms. The van der Waals surface area contributed by atoms with Crippen LogP contribution in [0, 0.1) is 5.92 Å². The van der Waals surface area contributed by atoms with E-state index >= 15 is 0 Å². The highest BCUT2D eigenvalue weighted by molar-refractivity contribution is 6.74. The molecule has 0 N–H and O–H groups in total. The molecule has 0 saturated heterocycles. The molecule has 0 fully saturated rings. The summed E-state index contributed by atoms with van der Waals surface area (Å²) in [6, 6.07) is 9.16. The zero-order chi connectivity index (χ0) is 25.9. The summed E-state index contributed by atoms with van der Waals surface area (Å²) in [4.78, 5) is 24.8. The van der Waals surface area contributed by atoms with Crippen molar-refractivity contribution in [1.29, 1.82) is 0 Å². The maximum absolute atomic E-state index is 12.6. The van der Waals surface area contributed by atoms with Crippen molar-refractivity contribution < 1.29 is 23.5 Å². The van der Waals surface area contributed by atoms with Gasteiger partial charge < -0.3 is 13.9 Å². The van der Waals surface area contributed by atoms with Gasteiger partial charge in [0.2, 0.25) is 0 Å². The number of carbonyl (C=O) groups excluding carboxylic acids is 2. The van der Waals surface area contributed by atoms with Crippen LogP contribution in [0.4, 0.5) is 0 Å². The molecule has 1 aromatic carbocycles. The SMILES string of the molecule is CO[C@@H](C(=O)OC(C/C=C(\C)CCCC(C)CO[Si](C)(C)C(C)(C)C)C(C)=O)c1ccccc1. The van der Waals surface area contributed by atoms with Gasteiger partial charge in [-0.25, -0.2) is 4.79 Å². The lowest BCUT2D eigenvalue weighted by Gasteiger charge is -2.37. The van der Waals surface area contributed by atoms with Gasteiger partial charge in [-0.2, -0.15) is 0 Å². The molecule has 0 aliphatic rings. The Morgan fingerprint density at radius 2 is 1.71 bits per heavy atom. The van der Waals surface area contributed by atoms with E-state index in [1.807, 2.05) is 24.3 Å². The topological polar surface area (TPSA) is 61.8 Å². The van der Waals surface area contributed by atoms with E-state index in [4.69, 9.17) is 13.9 Å². The quantitative estimate of drug-likeness (QED) is 0.159. The number of benzene rings is 1. The molecule has 1 aromatic rings. The third kappa shape index (κ3) is 10.2. The Bertz CT molecular complexity index is 795. The van der Waals surface area contributed by atoms with E-state index in [0.717, 1.165) is 25.9 Å². The van der Waals surface area contributed by atoms with Gasteiger partial charge in [-0.3, -0.25) is 4.79 Å². The average Bonchev–Trinajstić information content (AvgIpc) is 2.75.